The number of benzene rings is 9. The van der Waals surface area contributed by atoms with E-state index < -0.39 is 0 Å². The van der Waals surface area contributed by atoms with Crippen LogP contribution in [0.1, 0.15) is 0 Å². The van der Waals surface area contributed by atoms with Gasteiger partial charge in [-0.25, -0.2) is 0 Å². The third-order valence-corrected chi connectivity index (χ3v) is 10.8. The highest BCUT2D eigenvalue weighted by atomic mass is 15.1. The summed E-state index contributed by atoms with van der Waals surface area (Å²) in [6, 6.07) is 83.0. The van der Waals surface area contributed by atoms with E-state index in [-0.39, 0.29) is 0 Å². The highest BCUT2D eigenvalue weighted by Gasteiger charge is 2.18. The molecule has 264 valence electrons. The van der Waals surface area contributed by atoms with Gasteiger partial charge in [-0.1, -0.05) is 176 Å². The Morgan fingerprint density at radius 2 is 0.661 bits per heavy atom. The number of aromatic nitrogens is 1. The van der Waals surface area contributed by atoms with Crippen LogP contribution in [0.25, 0.3) is 72.0 Å². The molecule has 0 unspecified atom stereocenters. The second-order valence-electron chi connectivity index (χ2n) is 14.2. The molecule has 0 saturated carbocycles. The molecule has 0 saturated heterocycles. The molecule has 9 aromatic carbocycles. The Hall–Kier alpha value is -7.42. The summed E-state index contributed by atoms with van der Waals surface area (Å²) in [6.45, 7) is 0. The molecule has 2 heteroatoms. The molecule has 0 N–H and O–H groups in total. The zero-order chi connectivity index (χ0) is 37.3. The lowest BCUT2D eigenvalue weighted by atomic mass is 10.0. The minimum atomic E-state index is 1.09. The van der Waals surface area contributed by atoms with E-state index >= 15 is 0 Å². The zero-order valence-electron chi connectivity index (χ0n) is 30.8. The van der Waals surface area contributed by atoms with Crippen molar-refractivity contribution in [2.75, 3.05) is 4.90 Å². The molecule has 1 aromatic heterocycles. The number of nitrogens with zero attached hydrogens (tertiary/aromatic N) is 2. The second kappa shape index (κ2) is 14.4. The van der Waals surface area contributed by atoms with E-state index in [1.807, 2.05) is 0 Å². The molecular formula is C54H38N2. The van der Waals surface area contributed by atoms with Crippen LogP contribution in [-0.2, 0) is 0 Å². The quantitative estimate of drug-likeness (QED) is 0.152. The van der Waals surface area contributed by atoms with Gasteiger partial charge in [0.2, 0.25) is 0 Å². The van der Waals surface area contributed by atoms with Gasteiger partial charge < -0.3 is 9.47 Å². The molecule has 56 heavy (non-hydrogen) atoms. The van der Waals surface area contributed by atoms with Crippen LogP contribution in [-0.4, -0.2) is 4.57 Å². The Balaban J connectivity index is 1.07. The van der Waals surface area contributed by atoms with Gasteiger partial charge in [0.15, 0.2) is 0 Å². The van der Waals surface area contributed by atoms with Crippen LogP contribution in [0.5, 0.6) is 0 Å². The van der Waals surface area contributed by atoms with E-state index in [0.717, 1.165) is 28.3 Å². The molecule has 0 fully saturated rings. The van der Waals surface area contributed by atoms with Gasteiger partial charge in [0.1, 0.15) is 0 Å². The van der Waals surface area contributed by atoms with Crippen molar-refractivity contribution < 1.29 is 0 Å². The first-order valence-corrected chi connectivity index (χ1v) is 19.2. The average molecular weight is 715 g/mol. The van der Waals surface area contributed by atoms with Gasteiger partial charge in [0, 0.05) is 33.4 Å². The molecular weight excluding hydrogens is 677 g/mol. The zero-order valence-corrected chi connectivity index (χ0v) is 30.8. The number of anilines is 3. The third-order valence-electron chi connectivity index (χ3n) is 10.8. The molecule has 0 aliphatic heterocycles. The number of hydrogen-bond donors (Lipinski definition) is 0. The van der Waals surface area contributed by atoms with Crippen LogP contribution in [0.2, 0.25) is 0 Å². The van der Waals surface area contributed by atoms with Crippen LogP contribution in [0, 0.1) is 0 Å². The first-order valence-electron chi connectivity index (χ1n) is 19.2. The molecule has 0 amide bonds. The van der Waals surface area contributed by atoms with Crippen LogP contribution in [0.4, 0.5) is 17.1 Å². The maximum absolute atomic E-state index is 2.44. The number of fused-ring (bicyclic) bond motifs is 3. The topological polar surface area (TPSA) is 8.17 Å². The van der Waals surface area contributed by atoms with E-state index in [4.69, 9.17) is 0 Å². The van der Waals surface area contributed by atoms with Crippen molar-refractivity contribution >= 4 is 38.9 Å². The molecule has 0 aliphatic rings. The lowest BCUT2D eigenvalue weighted by Gasteiger charge is -2.26. The Morgan fingerprint density at radius 3 is 1.21 bits per heavy atom. The van der Waals surface area contributed by atoms with Crippen LogP contribution >= 0.6 is 0 Å². The molecule has 1 heterocycles. The first kappa shape index (κ1) is 33.2. The van der Waals surface area contributed by atoms with Crippen LogP contribution in [0.3, 0.4) is 0 Å². The Bertz CT molecular complexity index is 2830. The molecule has 0 aliphatic carbocycles. The summed E-state index contributed by atoms with van der Waals surface area (Å²) < 4.78 is 2.44. The van der Waals surface area contributed by atoms with Gasteiger partial charge in [0.25, 0.3) is 0 Å². The smallest absolute Gasteiger partial charge is 0.0547 e. The van der Waals surface area contributed by atoms with Crippen LogP contribution < -0.4 is 4.90 Å². The van der Waals surface area contributed by atoms with Gasteiger partial charge in [-0.15, -0.1) is 0 Å². The first-order chi connectivity index (χ1) is 27.8. The number of rotatable bonds is 8. The largest absolute Gasteiger partial charge is 0.311 e. The number of hydrogen-bond acceptors (Lipinski definition) is 1. The predicted octanol–water partition coefficient (Wildman–Crippen LogP) is 14.9. The lowest BCUT2D eigenvalue weighted by Crippen LogP contribution is -2.09. The molecule has 0 bridgehead atoms. The second-order valence-corrected chi connectivity index (χ2v) is 14.2. The Kier molecular flexibility index (Phi) is 8.55. The molecule has 0 atom stereocenters. The van der Waals surface area contributed by atoms with E-state index in [1.165, 1.54) is 60.8 Å². The molecule has 10 rings (SSSR count). The molecule has 10 aromatic rings. The van der Waals surface area contributed by atoms with Crippen molar-refractivity contribution in [3.05, 3.63) is 231 Å². The third kappa shape index (κ3) is 6.14. The summed E-state index contributed by atoms with van der Waals surface area (Å²) in [5.74, 6) is 0. The van der Waals surface area contributed by atoms with Gasteiger partial charge in [-0.3, -0.25) is 0 Å². The average Bonchev–Trinajstić information content (AvgIpc) is 3.62. The Labute approximate surface area is 327 Å². The summed E-state index contributed by atoms with van der Waals surface area (Å²) in [7, 11) is 0. The minimum Gasteiger partial charge on any atom is -0.311 e. The standard InChI is InChI=1S/C54H38N2/c1-4-14-39(15-5-1)42-24-31-46(32-25-42)55(47-33-26-43(27-34-47)40-16-6-2-7-17-40)48-35-28-44(29-36-48)49-20-10-12-22-52(49)56-53-23-13-11-21-50(53)51-37-30-45(38-54(51)56)41-18-8-3-9-19-41/h1-38H. The summed E-state index contributed by atoms with van der Waals surface area (Å²) in [6.07, 6.45) is 0. The highest BCUT2D eigenvalue weighted by molar-refractivity contribution is 6.10. The van der Waals surface area contributed by atoms with Crippen molar-refractivity contribution in [3.63, 3.8) is 0 Å². The van der Waals surface area contributed by atoms with E-state index in [0.29, 0.717) is 0 Å². The fourth-order valence-corrected chi connectivity index (χ4v) is 8.06. The lowest BCUT2D eigenvalue weighted by molar-refractivity contribution is 1.18. The molecule has 0 spiro atoms. The summed E-state index contributed by atoms with van der Waals surface area (Å²) >= 11 is 0. The molecule has 0 radical (unpaired) electrons. The van der Waals surface area contributed by atoms with Gasteiger partial charge in [-0.2, -0.15) is 0 Å². The SMILES string of the molecule is c1ccc(-c2ccc(N(c3ccc(-c4ccccc4)cc3)c3ccc(-c4ccccc4-n4c5ccccc5c5ccc(-c6ccccc6)cc54)cc3)cc2)cc1. The fraction of sp³-hybridized carbons (Fsp3) is 0. The summed E-state index contributed by atoms with van der Waals surface area (Å²) in [4.78, 5) is 2.34. The van der Waals surface area contributed by atoms with Gasteiger partial charge >= 0.3 is 0 Å². The normalized spacial score (nSPS) is 11.2. The number of para-hydroxylation sites is 2. The van der Waals surface area contributed by atoms with Crippen molar-refractivity contribution in [1.82, 2.24) is 4.57 Å². The van der Waals surface area contributed by atoms with Gasteiger partial charge in [0.05, 0.1) is 16.7 Å². The fourth-order valence-electron chi connectivity index (χ4n) is 8.06. The van der Waals surface area contributed by atoms with Crippen molar-refractivity contribution in [2.45, 2.75) is 0 Å². The Morgan fingerprint density at radius 1 is 0.268 bits per heavy atom. The van der Waals surface area contributed by atoms with Crippen molar-refractivity contribution in [2.24, 2.45) is 0 Å². The highest BCUT2D eigenvalue weighted by Crippen LogP contribution is 2.40. The predicted molar refractivity (Wildman–Crippen MR) is 237 cm³/mol. The van der Waals surface area contributed by atoms with Crippen LogP contribution in [0.15, 0.2) is 231 Å². The molecule has 2 nitrogen and oxygen atoms in total. The van der Waals surface area contributed by atoms with Gasteiger partial charge in [-0.05, 0) is 93.5 Å². The minimum absolute atomic E-state index is 1.09. The maximum Gasteiger partial charge on any atom is 0.0547 e. The maximum atomic E-state index is 2.44. The summed E-state index contributed by atoms with van der Waals surface area (Å²) in [5, 5.41) is 2.50. The van der Waals surface area contributed by atoms with Crippen molar-refractivity contribution in [3.8, 4) is 50.2 Å². The monoisotopic (exact) mass is 714 g/mol. The van der Waals surface area contributed by atoms with Crippen molar-refractivity contribution in [1.29, 1.82) is 0 Å². The van der Waals surface area contributed by atoms with E-state index in [1.54, 1.807) is 0 Å². The van der Waals surface area contributed by atoms with E-state index in [9.17, 15) is 0 Å². The summed E-state index contributed by atoms with van der Waals surface area (Å²) in [5.41, 5.74) is 16.4. The van der Waals surface area contributed by atoms with E-state index in [2.05, 4.69) is 240 Å².